The zero-order chi connectivity index (χ0) is 18.2. The van der Waals surface area contributed by atoms with Crippen LogP contribution < -0.4 is 5.32 Å². The zero-order valence-corrected chi connectivity index (χ0v) is 14.6. The molecule has 2 rings (SSSR count). The Hall–Kier alpha value is -2.21. The minimum atomic E-state index is -1.01. The van der Waals surface area contributed by atoms with Gasteiger partial charge in [-0.2, -0.15) is 0 Å². The second-order valence-corrected chi connectivity index (χ2v) is 6.56. The Bertz CT molecular complexity index is 603. The molecule has 0 radical (unpaired) electrons. The van der Waals surface area contributed by atoms with E-state index in [0.29, 0.717) is 19.4 Å². The van der Waals surface area contributed by atoms with Crippen LogP contribution in [0.3, 0.4) is 0 Å². The number of carboxylic acid groups (broad SMARTS) is 1. The summed E-state index contributed by atoms with van der Waals surface area (Å²) in [5.41, 5.74) is 1.15. The number of carbonyl (C=O) groups excluding carboxylic acids is 2. The minimum Gasteiger partial charge on any atom is -0.480 e. The lowest BCUT2D eigenvalue weighted by Crippen LogP contribution is -2.51. The fourth-order valence-corrected chi connectivity index (χ4v) is 3.18. The Morgan fingerprint density at radius 1 is 1.28 bits per heavy atom. The van der Waals surface area contributed by atoms with Gasteiger partial charge in [0.2, 0.25) is 5.91 Å². The molecule has 1 fully saturated rings. The predicted molar refractivity (Wildman–Crippen MR) is 94.2 cm³/mol. The minimum absolute atomic E-state index is 0.00207. The first-order valence-corrected chi connectivity index (χ1v) is 8.78. The van der Waals surface area contributed by atoms with Gasteiger partial charge in [0.15, 0.2) is 0 Å². The molecule has 1 saturated heterocycles. The number of carbonyl (C=O) groups is 3. The van der Waals surface area contributed by atoms with Crippen LogP contribution >= 0.6 is 0 Å². The number of ketones is 1. The number of Topliss-reactive ketones (excluding diaryl/α,β-unsaturated/α-hetero) is 1. The van der Waals surface area contributed by atoms with Gasteiger partial charge in [0.05, 0.1) is 12.1 Å². The van der Waals surface area contributed by atoms with Crippen LogP contribution in [0.25, 0.3) is 0 Å². The van der Waals surface area contributed by atoms with E-state index in [1.165, 1.54) is 11.8 Å². The first kappa shape index (κ1) is 19.1. The van der Waals surface area contributed by atoms with Crippen molar-refractivity contribution in [1.29, 1.82) is 0 Å². The Kier molecular flexibility index (Phi) is 7.13. The van der Waals surface area contributed by atoms with E-state index in [4.69, 9.17) is 5.11 Å². The number of aliphatic carboxylic acids is 1. The molecular weight excluding hydrogens is 320 g/mol. The van der Waals surface area contributed by atoms with E-state index in [1.807, 2.05) is 30.3 Å². The van der Waals surface area contributed by atoms with Crippen LogP contribution in [0, 0.1) is 0 Å². The molecule has 136 valence electrons. The van der Waals surface area contributed by atoms with Crippen LogP contribution in [-0.4, -0.2) is 52.8 Å². The van der Waals surface area contributed by atoms with Crippen molar-refractivity contribution in [1.82, 2.24) is 10.2 Å². The highest BCUT2D eigenvalue weighted by atomic mass is 16.4. The van der Waals surface area contributed by atoms with E-state index < -0.39 is 18.1 Å². The van der Waals surface area contributed by atoms with Gasteiger partial charge in [-0.15, -0.1) is 0 Å². The van der Waals surface area contributed by atoms with Gasteiger partial charge < -0.3 is 10.0 Å². The molecule has 0 unspecified atom stereocenters. The Morgan fingerprint density at radius 3 is 2.64 bits per heavy atom. The van der Waals surface area contributed by atoms with Gasteiger partial charge in [-0.1, -0.05) is 30.3 Å². The van der Waals surface area contributed by atoms with Gasteiger partial charge in [-0.25, -0.2) is 0 Å². The number of likely N-dealkylation sites (tertiary alicyclic amines) is 1. The number of benzene rings is 1. The molecule has 0 spiro atoms. The van der Waals surface area contributed by atoms with Crippen LogP contribution in [0.1, 0.15) is 38.2 Å². The smallest absolute Gasteiger partial charge is 0.323 e. The number of rotatable bonds is 8. The normalized spacial score (nSPS) is 19.3. The summed E-state index contributed by atoms with van der Waals surface area (Å²) in [5.74, 6) is -1.23. The van der Waals surface area contributed by atoms with Crippen LogP contribution in [0.2, 0.25) is 0 Å². The molecular formula is C19H26N2O4. The highest BCUT2D eigenvalue weighted by Gasteiger charge is 2.30. The second kappa shape index (κ2) is 9.32. The number of aryl methyl sites for hydroxylation is 1. The van der Waals surface area contributed by atoms with Gasteiger partial charge in [-0.3, -0.25) is 19.7 Å². The first-order valence-electron chi connectivity index (χ1n) is 8.78. The van der Waals surface area contributed by atoms with E-state index in [0.717, 1.165) is 24.8 Å². The molecule has 2 atom stereocenters. The van der Waals surface area contributed by atoms with Crippen molar-refractivity contribution in [3.63, 3.8) is 0 Å². The Morgan fingerprint density at radius 2 is 2.00 bits per heavy atom. The van der Waals surface area contributed by atoms with Gasteiger partial charge in [0.25, 0.3) is 0 Å². The Balaban J connectivity index is 2.00. The maximum absolute atomic E-state index is 12.6. The lowest BCUT2D eigenvalue weighted by molar-refractivity contribution is -0.145. The number of nitrogens with one attached hydrogen (secondary N) is 1. The van der Waals surface area contributed by atoms with Crippen LogP contribution in [-0.2, 0) is 20.8 Å². The van der Waals surface area contributed by atoms with Crippen molar-refractivity contribution in [3.8, 4) is 0 Å². The average Bonchev–Trinajstić information content (AvgIpc) is 2.74. The van der Waals surface area contributed by atoms with Crippen LogP contribution in [0.4, 0.5) is 0 Å². The molecule has 1 amide bonds. The van der Waals surface area contributed by atoms with Gasteiger partial charge in [-0.05, 0) is 44.6 Å². The summed E-state index contributed by atoms with van der Waals surface area (Å²) in [6, 6.07) is 9.01. The highest BCUT2D eigenvalue weighted by Crippen LogP contribution is 2.14. The van der Waals surface area contributed by atoms with Crippen molar-refractivity contribution in [3.05, 3.63) is 35.9 Å². The molecule has 1 heterocycles. The molecule has 6 nitrogen and oxygen atoms in total. The lowest BCUT2D eigenvalue weighted by atomic mass is 10.0. The number of nitrogens with zero attached hydrogens (tertiary/aromatic N) is 1. The van der Waals surface area contributed by atoms with Gasteiger partial charge in [0, 0.05) is 6.54 Å². The fourth-order valence-electron chi connectivity index (χ4n) is 3.18. The van der Waals surface area contributed by atoms with Crippen molar-refractivity contribution in [2.24, 2.45) is 0 Å². The quantitative estimate of drug-likeness (QED) is 0.747. The highest BCUT2D eigenvalue weighted by molar-refractivity contribution is 5.87. The first-order chi connectivity index (χ1) is 12.0. The molecule has 0 aromatic heterocycles. The summed E-state index contributed by atoms with van der Waals surface area (Å²) in [7, 11) is 0. The van der Waals surface area contributed by atoms with E-state index in [9.17, 15) is 14.4 Å². The molecule has 1 aromatic carbocycles. The molecule has 1 aromatic rings. The summed E-state index contributed by atoms with van der Waals surface area (Å²) in [6.45, 7) is 1.70. The summed E-state index contributed by atoms with van der Waals surface area (Å²) in [4.78, 5) is 36.9. The predicted octanol–water partition coefficient (Wildman–Crippen LogP) is 1.63. The summed E-state index contributed by atoms with van der Waals surface area (Å²) < 4.78 is 0. The third kappa shape index (κ3) is 5.98. The van der Waals surface area contributed by atoms with E-state index in [2.05, 4.69) is 5.32 Å². The monoisotopic (exact) mass is 346 g/mol. The van der Waals surface area contributed by atoms with Crippen LogP contribution in [0.15, 0.2) is 30.3 Å². The maximum Gasteiger partial charge on any atom is 0.323 e. The van der Waals surface area contributed by atoms with Crippen LogP contribution in [0.5, 0.6) is 0 Å². The standard InChI is InChI=1S/C19H26N2O4/c1-14(22)16(11-10-15-7-3-2-4-8-15)20-17-9-5-6-12-21(19(17)25)13-18(23)24/h2-4,7-8,16-17,20H,5-6,9-13H2,1H3,(H,23,24)/t16-,17+/m0/s1. The van der Waals surface area contributed by atoms with E-state index >= 15 is 0 Å². The number of carboxylic acids is 1. The second-order valence-electron chi connectivity index (χ2n) is 6.56. The number of amides is 1. The summed E-state index contributed by atoms with van der Waals surface area (Å²) in [5, 5.41) is 12.2. The van der Waals surface area contributed by atoms with Crippen molar-refractivity contribution in [2.75, 3.05) is 13.1 Å². The SMILES string of the molecule is CC(=O)[C@H](CCc1ccccc1)N[C@@H]1CCCCN(CC(=O)O)C1=O. The maximum atomic E-state index is 12.6. The largest absolute Gasteiger partial charge is 0.480 e. The third-order valence-electron chi connectivity index (χ3n) is 4.56. The lowest BCUT2D eigenvalue weighted by Gasteiger charge is -2.26. The average molecular weight is 346 g/mol. The molecule has 2 N–H and O–H groups in total. The molecule has 6 heteroatoms. The van der Waals surface area contributed by atoms with Crippen molar-refractivity contribution >= 4 is 17.7 Å². The van der Waals surface area contributed by atoms with E-state index in [1.54, 1.807) is 0 Å². The zero-order valence-electron chi connectivity index (χ0n) is 14.6. The van der Waals surface area contributed by atoms with Gasteiger partial charge in [0.1, 0.15) is 12.3 Å². The molecule has 0 saturated carbocycles. The molecule has 25 heavy (non-hydrogen) atoms. The molecule has 0 aliphatic carbocycles. The van der Waals surface area contributed by atoms with E-state index in [-0.39, 0.29) is 18.2 Å². The van der Waals surface area contributed by atoms with Crippen molar-refractivity contribution in [2.45, 2.75) is 51.1 Å². The molecule has 1 aliphatic heterocycles. The van der Waals surface area contributed by atoms with Crippen molar-refractivity contribution < 1.29 is 19.5 Å². The number of hydrogen-bond donors (Lipinski definition) is 2. The topological polar surface area (TPSA) is 86.7 Å². The fraction of sp³-hybridized carbons (Fsp3) is 0.526. The molecule has 1 aliphatic rings. The Labute approximate surface area is 148 Å². The van der Waals surface area contributed by atoms with Gasteiger partial charge >= 0.3 is 5.97 Å². The summed E-state index contributed by atoms with van der Waals surface area (Å²) >= 11 is 0. The molecule has 0 bridgehead atoms. The number of hydrogen-bond acceptors (Lipinski definition) is 4. The third-order valence-corrected chi connectivity index (χ3v) is 4.56. The summed E-state index contributed by atoms with van der Waals surface area (Å²) in [6.07, 6.45) is 3.61.